The molecule has 1 aromatic rings. The van der Waals surface area contributed by atoms with Gasteiger partial charge in [-0.05, 0) is 33.6 Å². The maximum atomic E-state index is 12.4. The number of carboxylic acid groups (broad SMARTS) is 1. The zero-order valence-electron chi connectivity index (χ0n) is 11.8. The van der Waals surface area contributed by atoms with Crippen LogP contribution in [-0.4, -0.2) is 38.5 Å². The van der Waals surface area contributed by atoms with Crippen LogP contribution in [0.5, 0.6) is 0 Å². The predicted molar refractivity (Wildman–Crippen MR) is 75.0 cm³/mol. The van der Waals surface area contributed by atoms with E-state index in [1.54, 1.807) is 6.92 Å². The van der Waals surface area contributed by atoms with Gasteiger partial charge in [-0.1, -0.05) is 11.3 Å². The number of hydrogen-bond donors (Lipinski definition) is 1. The van der Waals surface area contributed by atoms with Crippen molar-refractivity contribution in [1.29, 1.82) is 0 Å². The minimum atomic E-state index is -1.02. The Kier molecular flexibility index (Phi) is 3.99. The lowest BCUT2D eigenvalue weighted by atomic mass is 10.2. The molecule has 20 heavy (non-hydrogen) atoms. The van der Waals surface area contributed by atoms with Crippen molar-refractivity contribution < 1.29 is 14.7 Å². The topological polar surface area (TPSA) is 79.6 Å². The number of carbonyl (C=O) groups excluding carboxylic acids is 1. The molecule has 0 saturated heterocycles. The quantitative estimate of drug-likeness (QED) is 0.879. The Bertz CT molecular complexity index is 600. The summed E-state index contributed by atoms with van der Waals surface area (Å²) in [6.45, 7) is 5.06. The maximum absolute atomic E-state index is 12.4. The molecule has 0 aliphatic heterocycles. The van der Waals surface area contributed by atoms with Crippen LogP contribution < -0.4 is 4.87 Å². The van der Waals surface area contributed by atoms with Gasteiger partial charge < -0.3 is 10.0 Å². The van der Waals surface area contributed by atoms with Crippen molar-refractivity contribution in [3.8, 4) is 0 Å². The summed E-state index contributed by atoms with van der Waals surface area (Å²) in [6, 6.07) is -0.852. The average molecular weight is 298 g/mol. The van der Waals surface area contributed by atoms with E-state index in [-0.39, 0.29) is 23.4 Å². The largest absolute Gasteiger partial charge is 0.480 e. The van der Waals surface area contributed by atoms with Crippen molar-refractivity contribution in [3.63, 3.8) is 0 Å². The van der Waals surface area contributed by atoms with Crippen molar-refractivity contribution >= 4 is 23.2 Å². The molecule has 6 nitrogen and oxygen atoms in total. The Labute approximate surface area is 120 Å². The molecule has 0 bridgehead atoms. The second-order valence-corrected chi connectivity index (χ2v) is 6.31. The molecule has 1 aliphatic rings. The minimum Gasteiger partial charge on any atom is -0.480 e. The lowest BCUT2D eigenvalue weighted by Crippen LogP contribution is -2.46. The van der Waals surface area contributed by atoms with E-state index in [4.69, 9.17) is 5.11 Å². The third kappa shape index (κ3) is 2.77. The molecule has 0 radical (unpaired) electrons. The number of rotatable bonds is 5. The van der Waals surface area contributed by atoms with Crippen LogP contribution in [0.1, 0.15) is 30.3 Å². The SMILES string of the molecule is Cc1sc(=O)n(CC(=O)N(C2CC2)C(C)C(=O)O)c1C. The molecule has 110 valence electrons. The van der Waals surface area contributed by atoms with E-state index < -0.39 is 12.0 Å². The Morgan fingerprint density at radius 1 is 1.45 bits per heavy atom. The fraction of sp³-hybridized carbons (Fsp3) is 0.615. The zero-order chi connectivity index (χ0) is 15.0. The van der Waals surface area contributed by atoms with Crippen molar-refractivity contribution in [1.82, 2.24) is 9.47 Å². The second kappa shape index (κ2) is 5.40. The van der Waals surface area contributed by atoms with Crippen LogP contribution in [0.3, 0.4) is 0 Å². The molecule has 1 aromatic heterocycles. The third-order valence-electron chi connectivity index (χ3n) is 3.67. The predicted octanol–water partition coefficient (Wildman–Crippen LogP) is 0.991. The van der Waals surface area contributed by atoms with E-state index in [9.17, 15) is 14.4 Å². The summed E-state index contributed by atoms with van der Waals surface area (Å²) in [6.07, 6.45) is 1.67. The highest BCUT2D eigenvalue weighted by Gasteiger charge is 2.38. The second-order valence-electron chi connectivity index (χ2n) is 5.14. The Morgan fingerprint density at radius 2 is 2.05 bits per heavy atom. The molecule has 1 aliphatic carbocycles. The number of aryl methyl sites for hydroxylation is 1. The lowest BCUT2D eigenvalue weighted by Gasteiger charge is -2.26. The van der Waals surface area contributed by atoms with E-state index in [0.717, 1.165) is 34.7 Å². The van der Waals surface area contributed by atoms with Gasteiger partial charge in [0.15, 0.2) is 0 Å². The van der Waals surface area contributed by atoms with Crippen molar-refractivity contribution in [2.24, 2.45) is 0 Å². The van der Waals surface area contributed by atoms with Gasteiger partial charge in [0.05, 0.1) is 0 Å². The van der Waals surface area contributed by atoms with Crippen molar-refractivity contribution in [3.05, 3.63) is 20.2 Å². The van der Waals surface area contributed by atoms with Crippen LogP contribution in [0.15, 0.2) is 4.79 Å². The third-order valence-corrected chi connectivity index (χ3v) is 4.67. The molecule has 2 rings (SSSR count). The van der Waals surface area contributed by atoms with Gasteiger partial charge in [0.1, 0.15) is 12.6 Å². The standard InChI is InChI=1S/C13H18N2O4S/c1-7-9(3)20-13(19)14(7)6-11(16)15(10-4-5-10)8(2)12(17)18/h8,10H,4-6H2,1-3H3,(H,17,18). The van der Waals surface area contributed by atoms with Gasteiger partial charge in [-0.2, -0.15) is 0 Å². The monoisotopic (exact) mass is 298 g/mol. The van der Waals surface area contributed by atoms with Gasteiger partial charge >= 0.3 is 10.8 Å². The summed E-state index contributed by atoms with van der Waals surface area (Å²) in [4.78, 5) is 37.4. The smallest absolute Gasteiger partial charge is 0.326 e. The van der Waals surface area contributed by atoms with Gasteiger partial charge in [-0.15, -0.1) is 0 Å². The number of thiazole rings is 1. The van der Waals surface area contributed by atoms with E-state index in [1.807, 2.05) is 6.92 Å². The number of aromatic nitrogens is 1. The van der Waals surface area contributed by atoms with E-state index in [0.29, 0.717) is 0 Å². The first-order chi connectivity index (χ1) is 9.32. The molecule has 1 saturated carbocycles. The first kappa shape index (κ1) is 14.8. The summed E-state index contributed by atoms with van der Waals surface area (Å²) in [7, 11) is 0. The molecule has 0 aromatic carbocycles. The first-order valence-corrected chi connectivity index (χ1v) is 7.35. The van der Waals surface area contributed by atoms with E-state index >= 15 is 0 Å². The fourth-order valence-corrected chi connectivity index (χ4v) is 3.03. The van der Waals surface area contributed by atoms with Crippen molar-refractivity contribution in [2.45, 2.75) is 52.2 Å². The summed E-state index contributed by atoms with van der Waals surface area (Å²) in [5.41, 5.74) is 0.770. The number of hydrogen-bond acceptors (Lipinski definition) is 4. The molecule has 1 atom stereocenters. The van der Waals surface area contributed by atoms with Gasteiger partial charge in [0.25, 0.3) is 0 Å². The average Bonchev–Trinajstić information content (AvgIpc) is 3.15. The molecule has 0 spiro atoms. The summed E-state index contributed by atoms with van der Waals surface area (Å²) < 4.78 is 1.42. The van der Waals surface area contributed by atoms with Crippen LogP contribution in [0, 0.1) is 13.8 Å². The highest BCUT2D eigenvalue weighted by Crippen LogP contribution is 2.29. The Balaban J connectivity index is 2.21. The molecular weight excluding hydrogens is 280 g/mol. The normalized spacial score (nSPS) is 15.9. The molecule has 1 heterocycles. The number of aliphatic carboxylic acids is 1. The van der Waals surface area contributed by atoms with Gasteiger partial charge in [-0.3, -0.25) is 14.2 Å². The summed E-state index contributed by atoms with van der Waals surface area (Å²) in [5.74, 6) is -1.32. The highest BCUT2D eigenvalue weighted by atomic mass is 32.1. The Morgan fingerprint density at radius 3 is 2.45 bits per heavy atom. The zero-order valence-corrected chi connectivity index (χ0v) is 12.6. The maximum Gasteiger partial charge on any atom is 0.326 e. The molecular formula is C13H18N2O4S. The molecule has 1 N–H and O–H groups in total. The first-order valence-electron chi connectivity index (χ1n) is 6.53. The molecule has 1 fully saturated rings. The van der Waals surface area contributed by atoms with Gasteiger partial charge in [0, 0.05) is 16.6 Å². The number of carboxylic acids is 1. The molecule has 1 unspecified atom stereocenters. The van der Waals surface area contributed by atoms with Gasteiger partial charge in [0.2, 0.25) is 5.91 Å². The Hall–Kier alpha value is -1.63. The lowest BCUT2D eigenvalue weighted by molar-refractivity contribution is -0.150. The minimum absolute atomic E-state index is 0.00402. The number of carbonyl (C=O) groups is 2. The molecule has 7 heteroatoms. The van der Waals surface area contributed by atoms with Crippen LogP contribution in [0.25, 0.3) is 0 Å². The number of nitrogens with zero attached hydrogens (tertiary/aromatic N) is 2. The van der Waals surface area contributed by atoms with Gasteiger partial charge in [-0.25, -0.2) is 4.79 Å². The van der Waals surface area contributed by atoms with Crippen LogP contribution >= 0.6 is 11.3 Å². The van der Waals surface area contributed by atoms with E-state index in [1.165, 1.54) is 16.4 Å². The summed E-state index contributed by atoms with van der Waals surface area (Å²) in [5, 5.41) is 9.10. The van der Waals surface area contributed by atoms with Crippen LogP contribution in [-0.2, 0) is 16.1 Å². The van der Waals surface area contributed by atoms with Crippen molar-refractivity contribution in [2.75, 3.05) is 0 Å². The van der Waals surface area contributed by atoms with Crippen LogP contribution in [0.4, 0.5) is 0 Å². The summed E-state index contributed by atoms with van der Waals surface area (Å²) >= 11 is 1.11. The number of amides is 1. The highest BCUT2D eigenvalue weighted by molar-refractivity contribution is 7.09. The van der Waals surface area contributed by atoms with Crippen LogP contribution in [0.2, 0.25) is 0 Å². The van der Waals surface area contributed by atoms with E-state index in [2.05, 4.69) is 0 Å². The fourth-order valence-electron chi connectivity index (χ4n) is 2.19. The molecule has 1 amide bonds.